The third kappa shape index (κ3) is 5.33. The van der Waals surface area contributed by atoms with Gasteiger partial charge in [-0.05, 0) is 74.0 Å². The van der Waals surface area contributed by atoms with Crippen molar-refractivity contribution in [1.82, 2.24) is 9.13 Å². The first-order valence-corrected chi connectivity index (χ1v) is 14.8. The van der Waals surface area contributed by atoms with Crippen LogP contribution >= 0.6 is 38.9 Å². The summed E-state index contributed by atoms with van der Waals surface area (Å²) < 4.78 is 16.2. The molecule has 0 amide bonds. The first-order valence-electron chi connectivity index (χ1n) is 12.8. The average Bonchev–Trinajstić information content (AvgIpc) is 3.52. The molecule has 0 saturated carbocycles. The first kappa shape index (κ1) is 28.1. The standard InChI is InChI=1S/C30H27BrClN3O4S/c1-4-7-23-26(29(37)39-5-2)27(22-16-19(32)11-14-24(22)38-3)35-28(36)25(40-30(35)33-23)17-21-8-6-15-34(21)20-12-9-18(31)10-13-20/h6,8-17,27H,4-5,7H2,1-3H3/b25-17+/t27-/m1/s1. The summed E-state index contributed by atoms with van der Waals surface area (Å²) in [5.74, 6) is -0.00670. The molecule has 0 fully saturated rings. The van der Waals surface area contributed by atoms with Crippen molar-refractivity contribution in [1.29, 1.82) is 0 Å². The van der Waals surface area contributed by atoms with E-state index < -0.39 is 12.0 Å². The third-order valence-electron chi connectivity index (χ3n) is 6.54. The third-order valence-corrected chi connectivity index (χ3v) is 8.29. The number of hydrogen-bond donors (Lipinski definition) is 0. The fourth-order valence-electron chi connectivity index (χ4n) is 4.82. The van der Waals surface area contributed by atoms with Gasteiger partial charge in [-0.1, -0.05) is 52.2 Å². The number of thiazole rings is 1. The minimum absolute atomic E-state index is 0.193. The molecular weight excluding hydrogens is 614 g/mol. The predicted octanol–water partition coefficient (Wildman–Crippen LogP) is 5.79. The highest BCUT2D eigenvalue weighted by molar-refractivity contribution is 9.10. The highest BCUT2D eigenvalue weighted by Crippen LogP contribution is 2.38. The van der Waals surface area contributed by atoms with Crippen molar-refractivity contribution in [3.05, 3.63) is 113 Å². The van der Waals surface area contributed by atoms with Gasteiger partial charge in [-0.2, -0.15) is 0 Å². The van der Waals surface area contributed by atoms with Gasteiger partial charge in [0.1, 0.15) is 11.8 Å². The number of methoxy groups -OCH3 is 1. The molecule has 40 heavy (non-hydrogen) atoms. The Morgan fingerprint density at radius 1 is 1.18 bits per heavy atom. The maximum absolute atomic E-state index is 14.1. The normalized spacial score (nSPS) is 15.1. The Bertz CT molecular complexity index is 1790. The lowest BCUT2D eigenvalue weighted by atomic mass is 9.93. The van der Waals surface area contributed by atoms with Crippen molar-refractivity contribution in [2.24, 2.45) is 4.99 Å². The van der Waals surface area contributed by atoms with Crippen LogP contribution in [0.4, 0.5) is 0 Å². The number of allylic oxidation sites excluding steroid dienone is 1. The van der Waals surface area contributed by atoms with Crippen LogP contribution in [0.25, 0.3) is 11.8 Å². The number of aromatic nitrogens is 2. The molecule has 7 nitrogen and oxygen atoms in total. The van der Waals surface area contributed by atoms with Crippen LogP contribution in [0.15, 0.2) is 86.3 Å². The summed E-state index contributed by atoms with van der Waals surface area (Å²) in [6, 6.07) is 16.2. The van der Waals surface area contributed by atoms with Crippen molar-refractivity contribution < 1.29 is 14.3 Å². The Balaban J connectivity index is 1.76. The molecule has 0 spiro atoms. The largest absolute Gasteiger partial charge is 0.496 e. The summed E-state index contributed by atoms with van der Waals surface area (Å²) in [6.45, 7) is 3.97. The van der Waals surface area contributed by atoms with Crippen LogP contribution in [-0.2, 0) is 9.53 Å². The number of hydrogen-bond acceptors (Lipinski definition) is 6. The molecule has 0 N–H and O–H groups in total. The molecule has 0 bridgehead atoms. The molecule has 1 aliphatic rings. The quantitative estimate of drug-likeness (QED) is 0.229. The van der Waals surface area contributed by atoms with Crippen LogP contribution in [0.5, 0.6) is 5.75 Å². The van der Waals surface area contributed by atoms with Gasteiger partial charge in [0.2, 0.25) is 0 Å². The Morgan fingerprint density at radius 3 is 2.65 bits per heavy atom. The zero-order chi connectivity index (χ0) is 28.4. The van der Waals surface area contributed by atoms with Gasteiger partial charge in [0, 0.05) is 32.6 Å². The number of esters is 1. The highest BCUT2D eigenvalue weighted by Gasteiger charge is 2.36. The molecule has 4 aromatic rings. The second-order valence-electron chi connectivity index (χ2n) is 9.08. The summed E-state index contributed by atoms with van der Waals surface area (Å²) in [4.78, 5) is 32.9. The first-order chi connectivity index (χ1) is 19.4. The maximum atomic E-state index is 14.1. The molecule has 1 atom stereocenters. The Hall–Kier alpha value is -3.40. The molecule has 0 aliphatic carbocycles. The summed E-state index contributed by atoms with van der Waals surface area (Å²) in [5.41, 5.74) is 3.04. The van der Waals surface area contributed by atoms with Crippen molar-refractivity contribution in [3.63, 3.8) is 0 Å². The average molecular weight is 641 g/mol. The van der Waals surface area contributed by atoms with Crippen LogP contribution < -0.4 is 19.6 Å². The van der Waals surface area contributed by atoms with Crippen molar-refractivity contribution in [2.75, 3.05) is 13.7 Å². The molecule has 5 rings (SSSR count). The minimum atomic E-state index is -0.814. The van der Waals surface area contributed by atoms with E-state index in [1.54, 1.807) is 36.8 Å². The van der Waals surface area contributed by atoms with Gasteiger partial charge in [-0.15, -0.1) is 0 Å². The second-order valence-corrected chi connectivity index (χ2v) is 11.4. The van der Waals surface area contributed by atoms with Crippen LogP contribution in [0.1, 0.15) is 44.0 Å². The molecule has 3 heterocycles. The van der Waals surface area contributed by atoms with Crippen molar-refractivity contribution in [3.8, 4) is 11.4 Å². The molecule has 206 valence electrons. The Labute approximate surface area is 248 Å². The van der Waals surface area contributed by atoms with Gasteiger partial charge in [0.15, 0.2) is 4.80 Å². The number of ether oxygens (including phenoxy) is 2. The van der Waals surface area contributed by atoms with Crippen molar-refractivity contribution >= 4 is 50.9 Å². The Kier molecular flexibility index (Phi) is 8.44. The second kappa shape index (κ2) is 12.0. The number of carbonyl (C=O) groups excluding carboxylic acids is 1. The molecule has 10 heteroatoms. The monoisotopic (exact) mass is 639 g/mol. The lowest BCUT2D eigenvalue weighted by molar-refractivity contribution is -0.139. The van der Waals surface area contributed by atoms with Crippen LogP contribution in [0, 0.1) is 0 Å². The van der Waals surface area contributed by atoms with Gasteiger partial charge in [0.05, 0.1) is 29.5 Å². The number of carbonyl (C=O) groups is 1. The van der Waals surface area contributed by atoms with E-state index >= 15 is 0 Å². The summed E-state index contributed by atoms with van der Waals surface area (Å²) in [6.07, 6.45) is 5.11. The van der Waals surface area contributed by atoms with E-state index in [0.717, 1.165) is 22.3 Å². The summed E-state index contributed by atoms with van der Waals surface area (Å²) in [5, 5.41) is 0.461. The van der Waals surface area contributed by atoms with E-state index in [9.17, 15) is 9.59 Å². The van der Waals surface area contributed by atoms with Crippen LogP contribution in [0.2, 0.25) is 5.02 Å². The topological polar surface area (TPSA) is 74.8 Å². The Morgan fingerprint density at radius 2 is 1.95 bits per heavy atom. The molecule has 2 aromatic carbocycles. The van der Waals surface area contributed by atoms with Gasteiger partial charge >= 0.3 is 5.97 Å². The number of fused-ring (bicyclic) bond motifs is 1. The fraction of sp³-hybridized carbons (Fsp3) is 0.233. The lowest BCUT2D eigenvalue weighted by Gasteiger charge is -2.27. The van der Waals surface area contributed by atoms with Crippen LogP contribution in [0.3, 0.4) is 0 Å². The molecule has 0 saturated heterocycles. The molecule has 0 unspecified atom stereocenters. The van der Waals surface area contributed by atoms with Gasteiger partial charge in [-0.25, -0.2) is 9.79 Å². The molecule has 2 aromatic heterocycles. The fourth-order valence-corrected chi connectivity index (χ4v) is 6.27. The number of nitrogens with zero attached hydrogens (tertiary/aromatic N) is 3. The zero-order valence-electron chi connectivity index (χ0n) is 22.2. The summed E-state index contributed by atoms with van der Waals surface area (Å²) >= 11 is 11.2. The minimum Gasteiger partial charge on any atom is -0.496 e. The number of rotatable bonds is 8. The maximum Gasteiger partial charge on any atom is 0.338 e. The highest BCUT2D eigenvalue weighted by atomic mass is 79.9. The summed E-state index contributed by atoms with van der Waals surface area (Å²) in [7, 11) is 1.55. The van der Waals surface area contributed by atoms with E-state index in [2.05, 4.69) is 15.9 Å². The van der Waals surface area contributed by atoms with E-state index in [0.29, 0.717) is 43.4 Å². The molecular formula is C30H27BrClN3O4S. The van der Waals surface area contributed by atoms with Gasteiger partial charge in [0.25, 0.3) is 5.56 Å². The van der Waals surface area contributed by atoms with Crippen LogP contribution in [-0.4, -0.2) is 28.8 Å². The molecule has 0 radical (unpaired) electrons. The van der Waals surface area contributed by atoms with E-state index in [-0.39, 0.29) is 12.2 Å². The van der Waals surface area contributed by atoms with Crippen molar-refractivity contribution in [2.45, 2.75) is 32.7 Å². The van der Waals surface area contributed by atoms with E-state index in [1.165, 1.54) is 11.3 Å². The lowest BCUT2D eigenvalue weighted by Crippen LogP contribution is -2.40. The number of benzene rings is 2. The number of halogens is 2. The molecule has 1 aliphatic heterocycles. The smallest absolute Gasteiger partial charge is 0.338 e. The van der Waals surface area contributed by atoms with Gasteiger partial charge in [-0.3, -0.25) is 9.36 Å². The van der Waals surface area contributed by atoms with Gasteiger partial charge < -0.3 is 14.0 Å². The van der Waals surface area contributed by atoms with E-state index in [1.807, 2.05) is 60.2 Å². The predicted molar refractivity (Wildman–Crippen MR) is 161 cm³/mol. The zero-order valence-corrected chi connectivity index (χ0v) is 25.3. The SMILES string of the molecule is CCCC1=C(C(=O)OCC)[C@@H](c2cc(Cl)ccc2OC)n2c(s/c(=C/c3cccn3-c3ccc(Br)cc3)c2=O)=N1. The van der Waals surface area contributed by atoms with E-state index in [4.69, 9.17) is 26.1 Å².